The maximum absolute atomic E-state index is 13.9. The van der Waals surface area contributed by atoms with Crippen LogP contribution in [-0.4, -0.2) is 50.0 Å². The largest absolute Gasteiger partial charge is 0.352 e. The number of halogens is 3. The molecule has 42 heavy (non-hydrogen) atoms. The lowest BCUT2D eigenvalue weighted by atomic mass is 10.0. The van der Waals surface area contributed by atoms with Gasteiger partial charge >= 0.3 is 0 Å². The lowest BCUT2D eigenvalue weighted by Crippen LogP contribution is -2.52. The van der Waals surface area contributed by atoms with Gasteiger partial charge in [0.2, 0.25) is 21.8 Å². The summed E-state index contributed by atoms with van der Waals surface area (Å²) in [5.41, 5.74) is 1.59. The van der Waals surface area contributed by atoms with Gasteiger partial charge in [0.25, 0.3) is 0 Å². The zero-order valence-electron chi connectivity index (χ0n) is 23.9. The van der Waals surface area contributed by atoms with E-state index in [1.165, 1.54) is 11.0 Å². The summed E-state index contributed by atoms with van der Waals surface area (Å²) in [4.78, 5) is 28.9. The van der Waals surface area contributed by atoms with Gasteiger partial charge in [-0.1, -0.05) is 61.0 Å². The number of carbonyl (C=O) groups is 2. The average Bonchev–Trinajstić information content (AvgIpc) is 2.95. The van der Waals surface area contributed by atoms with Gasteiger partial charge in [0, 0.05) is 43.1 Å². The molecule has 7 nitrogen and oxygen atoms in total. The van der Waals surface area contributed by atoms with E-state index in [4.69, 9.17) is 11.6 Å². The highest BCUT2D eigenvalue weighted by Crippen LogP contribution is 2.22. The lowest BCUT2D eigenvalue weighted by molar-refractivity contribution is -0.141. The first-order chi connectivity index (χ1) is 19.9. The molecule has 0 saturated carbocycles. The van der Waals surface area contributed by atoms with Crippen LogP contribution in [-0.2, 0) is 32.6 Å². The van der Waals surface area contributed by atoms with E-state index >= 15 is 0 Å². The quantitative estimate of drug-likeness (QED) is 0.250. The molecular formula is C31H36ClF2N3O4S. The minimum Gasteiger partial charge on any atom is -0.352 e. The number of rotatable bonds is 14. The Morgan fingerprint density at radius 2 is 1.62 bits per heavy atom. The van der Waals surface area contributed by atoms with E-state index < -0.39 is 27.7 Å². The van der Waals surface area contributed by atoms with E-state index in [-0.39, 0.29) is 55.9 Å². The van der Waals surface area contributed by atoms with Crippen LogP contribution in [0.5, 0.6) is 0 Å². The monoisotopic (exact) mass is 619 g/mol. The van der Waals surface area contributed by atoms with E-state index in [2.05, 4.69) is 5.32 Å². The minimum absolute atomic E-state index is 0.0447. The molecule has 0 saturated heterocycles. The number of hydrogen-bond donors (Lipinski definition) is 1. The predicted molar refractivity (Wildman–Crippen MR) is 162 cm³/mol. The second kappa shape index (κ2) is 15.1. The lowest BCUT2D eigenvalue weighted by Gasteiger charge is -2.32. The standard InChI is InChI=1S/C31H36ClF2N3O4S/c1-4-22(2)35-31(39)29(19-23-9-6-5-7-10-23)36(21-24-12-14-25(32)15-13-24)30(38)11-8-18-37(42(3,40)41)26-16-17-27(33)28(34)20-26/h5-7,9-10,12-17,20,22,29H,4,8,11,18-19,21H2,1-3H3,(H,35,39). The van der Waals surface area contributed by atoms with Crippen LogP contribution in [0.4, 0.5) is 14.5 Å². The van der Waals surface area contributed by atoms with Gasteiger partial charge in [0.1, 0.15) is 6.04 Å². The highest BCUT2D eigenvalue weighted by Gasteiger charge is 2.31. The summed E-state index contributed by atoms with van der Waals surface area (Å²) in [7, 11) is -3.86. The van der Waals surface area contributed by atoms with E-state index in [0.29, 0.717) is 11.4 Å². The van der Waals surface area contributed by atoms with Crippen LogP contribution in [0.2, 0.25) is 5.02 Å². The molecule has 1 N–H and O–H groups in total. The number of nitrogens with one attached hydrogen (secondary N) is 1. The third kappa shape index (κ3) is 9.52. The van der Waals surface area contributed by atoms with Crippen LogP contribution < -0.4 is 9.62 Å². The first kappa shape index (κ1) is 33.0. The van der Waals surface area contributed by atoms with Gasteiger partial charge in [-0.3, -0.25) is 13.9 Å². The Morgan fingerprint density at radius 1 is 0.952 bits per heavy atom. The van der Waals surface area contributed by atoms with E-state index in [1.54, 1.807) is 24.3 Å². The molecule has 3 aromatic carbocycles. The van der Waals surface area contributed by atoms with Gasteiger partial charge in [-0.25, -0.2) is 17.2 Å². The molecule has 0 aliphatic heterocycles. The second-order valence-electron chi connectivity index (χ2n) is 10.2. The Kier molecular flexibility index (Phi) is 11.9. The first-order valence-corrected chi connectivity index (χ1v) is 15.9. The molecule has 0 bridgehead atoms. The molecule has 0 radical (unpaired) electrons. The second-order valence-corrected chi connectivity index (χ2v) is 12.6. The normalized spacial score (nSPS) is 12.8. The third-order valence-corrected chi connectivity index (χ3v) is 8.33. The van der Waals surface area contributed by atoms with Gasteiger partial charge < -0.3 is 10.2 Å². The number of amides is 2. The molecule has 3 aromatic rings. The van der Waals surface area contributed by atoms with Crippen molar-refractivity contribution >= 4 is 39.1 Å². The maximum atomic E-state index is 13.9. The summed E-state index contributed by atoms with van der Waals surface area (Å²) in [6.45, 7) is 3.82. The Bertz CT molecular complexity index is 1460. The van der Waals surface area contributed by atoms with Crippen molar-refractivity contribution in [3.05, 3.63) is 101 Å². The highest BCUT2D eigenvalue weighted by atomic mass is 35.5. The molecule has 226 valence electrons. The summed E-state index contributed by atoms with van der Waals surface area (Å²) in [5.74, 6) is -2.93. The van der Waals surface area contributed by atoms with Gasteiger partial charge in [0.05, 0.1) is 11.9 Å². The molecule has 0 heterocycles. The van der Waals surface area contributed by atoms with Crippen molar-refractivity contribution in [2.45, 2.75) is 58.2 Å². The van der Waals surface area contributed by atoms with Crippen LogP contribution in [0.25, 0.3) is 0 Å². The Labute approximate surface area is 251 Å². The summed E-state index contributed by atoms with van der Waals surface area (Å²) in [6.07, 6.45) is 1.92. The Morgan fingerprint density at radius 3 is 2.21 bits per heavy atom. The molecule has 2 atom stereocenters. The van der Waals surface area contributed by atoms with E-state index in [9.17, 15) is 26.8 Å². The summed E-state index contributed by atoms with van der Waals surface area (Å²) in [6, 6.07) is 18.2. The van der Waals surface area contributed by atoms with Crippen molar-refractivity contribution in [3.8, 4) is 0 Å². The highest BCUT2D eigenvalue weighted by molar-refractivity contribution is 7.92. The zero-order valence-corrected chi connectivity index (χ0v) is 25.5. The molecule has 2 amide bonds. The molecule has 2 unspecified atom stereocenters. The van der Waals surface area contributed by atoms with Crippen LogP contribution in [0.1, 0.15) is 44.2 Å². The van der Waals surface area contributed by atoms with E-state index in [0.717, 1.165) is 33.8 Å². The van der Waals surface area contributed by atoms with Crippen molar-refractivity contribution in [2.75, 3.05) is 17.1 Å². The molecule has 0 fully saturated rings. The predicted octanol–water partition coefficient (Wildman–Crippen LogP) is 5.72. The molecule has 0 aromatic heterocycles. The van der Waals surface area contributed by atoms with Gasteiger partial charge in [0.15, 0.2) is 11.6 Å². The number of anilines is 1. The molecule has 3 rings (SSSR count). The number of nitrogens with zero attached hydrogens (tertiary/aromatic N) is 2. The van der Waals surface area contributed by atoms with Crippen molar-refractivity contribution < 1.29 is 26.8 Å². The molecule has 11 heteroatoms. The SMILES string of the molecule is CCC(C)NC(=O)C(Cc1ccccc1)N(Cc1ccc(Cl)cc1)C(=O)CCCN(c1ccc(F)c(F)c1)S(C)(=O)=O. The number of sulfonamides is 1. The van der Waals surface area contributed by atoms with Crippen molar-refractivity contribution in [1.82, 2.24) is 10.2 Å². The maximum Gasteiger partial charge on any atom is 0.243 e. The average molecular weight is 620 g/mol. The summed E-state index contributed by atoms with van der Waals surface area (Å²) >= 11 is 6.07. The minimum atomic E-state index is -3.86. The Balaban J connectivity index is 1.89. The zero-order chi connectivity index (χ0) is 30.9. The Hall–Kier alpha value is -3.50. The van der Waals surface area contributed by atoms with Crippen molar-refractivity contribution in [3.63, 3.8) is 0 Å². The van der Waals surface area contributed by atoms with Crippen molar-refractivity contribution in [1.29, 1.82) is 0 Å². The van der Waals surface area contributed by atoms with Crippen molar-refractivity contribution in [2.24, 2.45) is 0 Å². The molecule has 0 aliphatic carbocycles. The summed E-state index contributed by atoms with van der Waals surface area (Å²) < 4.78 is 53.3. The van der Waals surface area contributed by atoms with Gasteiger partial charge in [-0.05, 0) is 55.2 Å². The molecule has 0 spiro atoms. The van der Waals surface area contributed by atoms with Gasteiger partial charge in [-0.2, -0.15) is 0 Å². The number of benzene rings is 3. The topological polar surface area (TPSA) is 86.8 Å². The molecular weight excluding hydrogens is 584 g/mol. The fourth-order valence-corrected chi connectivity index (χ4v) is 5.51. The van der Waals surface area contributed by atoms with Crippen LogP contribution >= 0.6 is 11.6 Å². The summed E-state index contributed by atoms with van der Waals surface area (Å²) in [5, 5.41) is 3.53. The van der Waals surface area contributed by atoms with Crippen LogP contribution in [0, 0.1) is 11.6 Å². The van der Waals surface area contributed by atoms with Crippen LogP contribution in [0.3, 0.4) is 0 Å². The smallest absolute Gasteiger partial charge is 0.243 e. The number of carbonyl (C=O) groups excluding carboxylic acids is 2. The van der Waals surface area contributed by atoms with E-state index in [1.807, 2.05) is 44.2 Å². The fourth-order valence-electron chi connectivity index (χ4n) is 4.43. The molecule has 0 aliphatic rings. The fraction of sp³-hybridized carbons (Fsp3) is 0.355. The first-order valence-electron chi connectivity index (χ1n) is 13.7. The van der Waals surface area contributed by atoms with Crippen LogP contribution in [0.15, 0.2) is 72.8 Å². The number of hydrogen-bond acceptors (Lipinski definition) is 4. The third-order valence-electron chi connectivity index (χ3n) is 6.88. The van der Waals surface area contributed by atoms with Gasteiger partial charge in [-0.15, -0.1) is 0 Å².